The van der Waals surface area contributed by atoms with Crippen LogP contribution in [0.15, 0.2) is 33.1 Å². The summed E-state index contributed by atoms with van der Waals surface area (Å²) < 4.78 is 9.91. The van der Waals surface area contributed by atoms with Gasteiger partial charge in [0.1, 0.15) is 18.1 Å². The minimum atomic E-state index is -0.173. The SMILES string of the molecule is C.CC(=O)c1ccc(C=O)o1.CCc1ccc(CO)o1. The van der Waals surface area contributed by atoms with Gasteiger partial charge in [0.15, 0.2) is 23.6 Å². The Morgan fingerprint density at radius 1 is 1.20 bits per heavy atom. The topological polar surface area (TPSA) is 80.7 Å². The lowest BCUT2D eigenvalue weighted by atomic mass is 10.3. The molecule has 2 aromatic rings. The molecule has 0 spiro atoms. The highest BCUT2D eigenvalue weighted by atomic mass is 16.4. The molecule has 0 amide bonds. The summed E-state index contributed by atoms with van der Waals surface area (Å²) in [5.74, 6) is 1.81. The van der Waals surface area contributed by atoms with E-state index in [1.54, 1.807) is 6.07 Å². The molecule has 0 fully saturated rings. The first-order valence-corrected chi connectivity index (χ1v) is 5.85. The van der Waals surface area contributed by atoms with E-state index in [4.69, 9.17) is 13.9 Å². The molecule has 0 aliphatic carbocycles. The van der Waals surface area contributed by atoms with E-state index >= 15 is 0 Å². The molecule has 0 saturated carbocycles. The van der Waals surface area contributed by atoms with E-state index in [0.29, 0.717) is 12.0 Å². The molecule has 0 aromatic carbocycles. The van der Waals surface area contributed by atoms with E-state index < -0.39 is 0 Å². The summed E-state index contributed by atoms with van der Waals surface area (Å²) in [4.78, 5) is 20.6. The third-order valence-corrected chi connectivity index (χ3v) is 2.31. The van der Waals surface area contributed by atoms with E-state index in [9.17, 15) is 9.59 Å². The number of Topliss-reactive ketones (excluding diaryl/α,β-unsaturated/α-hetero) is 1. The van der Waals surface area contributed by atoms with Crippen LogP contribution in [0.2, 0.25) is 0 Å². The molecule has 0 radical (unpaired) electrons. The molecule has 20 heavy (non-hydrogen) atoms. The van der Waals surface area contributed by atoms with E-state index in [-0.39, 0.29) is 31.3 Å². The number of furan rings is 2. The molecule has 5 nitrogen and oxygen atoms in total. The average molecular weight is 280 g/mol. The van der Waals surface area contributed by atoms with Crippen molar-refractivity contribution >= 4 is 12.1 Å². The minimum absolute atomic E-state index is 0. The van der Waals surface area contributed by atoms with Crippen LogP contribution >= 0.6 is 0 Å². The van der Waals surface area contributed by atoms with Crippen molar-refractivity contribution in [2.24, 2.45) is 0 Å². The molecule has 2 rings (SSSR count). The summed E-state index contributed by atoms with van der Waals surface area (Å²) in [7, 11) is 0. The number of carbonyl (C=O) groups is 2. The summed E-state index contributed by atoms with van der Waals surface area (Å²) >= 11 is 0. The monoisotopic (exact) mass is 280 g/mol. The molecule has 0 atom stereocenters. The maximum Gasteiger partial charge on any atom is 0.194 e. The van der Waals surface area contributed by atoms with Crippen molar-refractivity contribution in [3.63, 3.8) is 0 Å². The lowest BCUT2D eigenvalue weighted by Crippen LogP contribution is -1.86. The predicted molar refractivity (Wildman–Crippen MR) is 74.8 cm³/mol. The zero-order chi connectivity index (χ0) is 14.3. The standard InChI is InChI=1S/C7H6O3.C7H10O2.CH4/c1-5(9)7-3-2-6(4-8)10-7;1-2-6-3-4-7(5-8)9-6;/h2-4H,1H3;3-4,8H,2,5H2,1H3;1H4. The van der Waals surface area contributed by atoms with Gasteiger partial charge in [0.25, 0.3) is 0 Å². The van der Waals surface area contributed by atoms with Crippen LogP contribution in [-0.4, -0.2) is 17.2 Å². The minimum Gasteiger partial charge on any atom is -0.464 e. The molecule has 1 N–H and O–H groups in total. The number of hydrogen-bond donors (Lipinski definition) is 1. The van der Waals surface area contributed by atoms with Gasteiger partial charge in [0, 0.05) is 13.3 Å². The van der Waals surface area contributed by atoms with Gasteiger partial charge in [-0.05, 0) is 24.3 Å². The molecular formula is C15H20O5. The van der Waals surface area contributed by atoms with Crippen LogP contribution in [0.3, 0.4) is 0 Å². The Morgan fingerprint density at radius 2 is 1.85 bits per heavy atom. The normalized spacial score (nSPS) is 9.15. The fraction of sp³-hybridized carbons (Fsp3) is 0.333. The fourth-order valence-electron chi connectivity index (χ4n) is 1.30. The zero-order valence-electron chi connectivity index (χ0n) is 10.9. The Balaban J connectivity index is 0.000000345. The third-order valence-electron chi connectivity index (χ3n) is 2.31. The average Bonchev–Trinajstić information content (AvgIpc) is 3.08. The maximum atomic E-state index is 10.6. The number of ketones is 1. The molecule has 5 heteroatoms. The van der Waals surface area contributed by atoms with Crippen molar-refractivity contribution in [1.29, 1.82) is 0 Å². The number of hydrogen-bond acceptors (Lipinski definition) is 5. The van der Waals surface area contributed by atoms with Crippen LogP contribution in [0.25, 0.3) is 0 Å². The van der Waals surface area contributed by atoms with Crippen molar-refractivity contribution in [1.82, 2.24) is 0 Å². The van der Waals surface area contributed by atoms with Crippen molar-refractivity contribution in [2.75, 3.05) is 0 Å². The van der Waals surface area contributed by atoms with Gasteiger partial charge in [-0.15, -0.1) is 0 Å². The van der Waals surface area contributed by atoms with Crippen molar-refractivity contribution in [3.05, 3.63) is 47.3 Å². The number of carbonyl (C=O) groups excluding carboxylic acids is 2. The molecule has 0 aliphatic rings. The number of aliphatic hydroxyl groups is 1. The van der Waals surface area contributed by atoms with Crippen molar-refractivity contribution < 1.29 is 23.5 Å². The Morgan fingerprint density at radius 3 is 2.15 bits per heavy atom. The number of rotatable bonds is 4. The zero-order valence-corrected chi connectivity index (χ0v) is 10.9. The van der Waals surface area contributed by atoms with Crippen LogP contribution in [0.5, 0.6) is 0 Å². The molecule has 0 unspecified atom stereocenters. The van der Waals surface area contributed by atoms with Gasteiger partial charge in [-0.2, -0.15) is 0 Å². The highest BCUT2D eigenvalue weighted by Gasteiger charge is 2.03. The Bertz CT molecular complexity index is 517. The summed E-state index contributed by atoms with van der Waals surface area (Å²) in [6.45, 7) is 3.40. The van der Waals surface area contributed by atoms with Crippen LogP contribution in [-0.2, 0) is 13.0 Å². The van der Waals surface area contributed by atoms with Gasteiger partial charge in [-0.25, -0.2) is 0 Å². The second-order valence-electron chi connectivity index (χ2n) is 3.76. The van der Waals surface area contributed by atoms with Gasteiger partial charge >= 0.3 is 0 Å². The first-order chi connectivity index (χ1) is 9.10. The van der Waals surface area contributed by atoms with E-state index in [1.807, 2.05) is 13.0 Å². The molecule has 0 bridgehead atoms. The third kappa shape index (κ3) is 5.24. The molecule has 0 saturated heterocycles. The molecular weight excluding hydrogens is 260 g/mol. The van der Waals surface area contributed by atoms with Crippen LogP contribution in [0.1, 0.15) is 53.9 Å². The molecule has 110 valence electrons. The highest BCUT2D eigenvalue weighted by Crippen LogP contribution is 2.07. The quantitative estimate of drug-likeness (QED) is 0.686. The van der Waals surface area contributed by atoms with Crippen LogP contribution < -0.4 is 0 Å². The van der Waals surface area contributed by atoms with Gasteiger partial charge in [-0.1, -0.05) is 14.4 Å². The Hall–Kier alpha value is -2.14. The Kier molecular flexibility index (Phi) is 7.93. The van der Waals surface area contributed by atoms with Crippen LogP contribution in [0.4, 0.5) is 0 Å². The number of aldehydes is 1. The largest absolute Gasteiger partial charge is 0.464 e. The van der Waals surface area contributed by atoms with Crippen LogP contribution in [0, 0.1) is 0 Å². The second kappa shape index (κ2) is 8.87. The van der Waals surface area contributed by atoms with Gasteiger partial charge in [0.05, 0.1) is 0 Å². The second-order valence-corrected chi connectivity index (χ2v) is 3.76. The summed E-state index contributed by atoms with van der Waals surface area (Å²) in [6, 6.07) is 6.61. The van der Waals surface area contributed by atoms with Gasteiger partial charge in [0.2, 0.25) is 0 Å². The fourth-order valence-corrected chi connectivity index (χ4v) is 1.30. The highest BCUT2D eigenvalue weighted by molar-refractivity contribution is 5.92. The lowest BCUT2D eigenvalue weighted by Gasteiger charge is -1.86. The number of aryl methyl sites for hydroxylation is 1. The summed E-state index contributed by atoms with van der Waals surface area (Å²) in [5, 5.41) is 8.55. The molecule has 2 aromatic heterocycles. The Labute approximate surface area is 118 Å². The van der Waals surface area contributed by atoms with Crippen molar-refractivity contribution in [2.45, 2.75) is 34.3 Å². The smallest absolute Gasteiger partial charge is 0.194 e. The maximum absolute atomic E-state index is 10.6. The van der Waals surface area contributed by atoms with Gasteiger partial charge in [-0.3, -0.25) is 9.59 Å². The number of aliphatic hydroxyl groups excluding tert-OH is 1. The van der Waals surface area contributed by atoms with Gasteiger partial charge < -0.3 is 13.9 Å². The van der Waals surface area contributed by atoms with E-state index in [0.717, 1.165) is 12.2 Å². The first-order valence-electron chi connectivity index (χ1n) is 5.85. The molecule has 2 heterocycles. The predicted octanol–water partition coefficient (Wildman–Crippen LogP) is 3.27. The summed E-state index contributed by atoms with van der Waals surface area (Å²) in [5.41, 5.74) is 0. The first kappa shape index (κ1) is 17.9. The summed E-state index contributed by atoms with van der Waals surface area (Å²) in [6.07, 6.45) is 1.45. The van der Waals surface area contributed by atoms with E-state index in [1.165, 1.54) is 19.1 Å². The van der Waals surface area contributed by atoms with Crippen molar-refractivity contribution in [3.8, 4) is 0 Å². The lowest BCUT2D eigenvalue weighted by molar-refractivity contribution is 0.0983. The van der Waals surface area contributed by atoms with E-state index in [2.05, 4.69) is 0 Å². The molecule has 0 aliphatic heterocycles.